The summed E-state index contributed by atoms with van der Waals surface area (Å²) in [6.07, 6.45) is 1.81. The molecule has 3 aromatic rings. The number of nitrogens with one attached hydrogen (secondary N) is 1. The van der Waals surface area contributed by atoms with E-state index < -0.39 is 5.82 Å². The van der Waals surface area contributed by atoms with Gasteiger partial charge in [0.1, 0.15) is 5.82 Å². The van der Waals surface area contributed by atoms with E-state index in [9.17, 15) is 14.4 Å². The maximum atomic E-state index is 14.4. The van der Waals surface area contributed by atoms with Gasteiger partial charge in [-0.25, -0.2) is 9.37 Å². The number of aromatic nitrogens is 2. The van der Waals surface area contributed by atoms with E-state index in [4.69, 9.17) is 9.72 Å². The van der Waals surface area contributed by atoms with E-state index in [0.29, 0.717) is 28.0 Å². The number of benzene rings is 2. The van der Waals surface area contributed by atoms with Crippen LogP contribution in [-0.4, -0.2) is 23.2 Å². The standard InChI is InChI=1S/C21H19FN4O2/c1-12-8-13(11-23)9-15-19(12)25-20(17-4-3-7-24-17)26(21(15)27)14-5-6-18(28-2)16(22)10-14/h5-6,8-10,17,24H,3-4,7H2,1-2H3. The molecule has 0 spiro atoms. The van der Waals surface area contributed by atoms with E-state index in [0.717, 1.165) is 24.9 Å². The van der Waals surface area contributed by atoms with Crippen LogP contribution in [0.4, 0.5) is 4.39 Å². The summed E-state index contributed by atoms with van der Waals surface area (Å²) in [6, 6.07) is 9.63. The van der Waals surface area contributed by atoms with Crippen LogP contribution in [0.15, 0.2) is 35.1 Å². The van der Waals surface area contributed by atoms with Crippen LogP contribution in [0.5, 0.6) is 5.75 Å². The van der Waals surface area contributed by atoms with Crippen molar-refractivity contribution in [1.82, 2.24) is 14.9 Å². The summed E-state index contributed by atoms with van der Waals surface area (Å²) < 4.78 is 20.8. The molecule has 4 rings (SSSR count). The van der Waals surface area contributed by atoms with Crippen molar-refractivity contribution in [3.05, 3.63) is 63.5 Å². The van der Waals surface area contributed by atoms with E-state index in [1.807, 2.05) is 6.92 Å². The van der Waals surface area contributed by atoms with Crippen LogP contribution < -0.4 is 15.6 Å². The zero-order chi connectivity index (χ0) is 19.8. The van der Waals surface area contributed by atoms with E-state index in [1.165, 1.54) is 23.8 Å². The van der Waals surface area contributed by atoms with Gasteiger partial charge in [-0.1, -0.05) is 0 Å². The molecule has 0 saturated carbocycles. The highest BCUT2D eigenvalue weighted by Gasteiger charge is 2.25. The first-order chi connectivity index (χ1) is 13.5. The second-order valence-corrected chi connectivity index (χ2v) is 6.88. The molecule has 1 saturated heterocycles. The van der Waals surface area contributed by atoms with Crippen molar-refractivity contribution in [1.29, 1.82) is 5.26 Å². The Hall–Kier alpha value is -3.24. The van der Waals surface area contributed by atoms with Crippen LogP contribution in [0.3, 0.4) is 0 Å². The van der Waals surface area contributed by atoms with Gasteiger partial charge >= 0.3 is 0 Å². The molecule has 7 heteroatoms. The van der Waals surface area contributed by atoms with Gasteiger partial charge in [0, 0.05) is 6.07 Å². The molecule has 6 nitrogen and oxygen atoms in total. The van der Waals surface area contributed by atoms with Crippen LogP contribution in [-0.2, 0) is 0 Å². The number of aryl methyl sites for hydroxylation is 1. The number of ether oxygens (including phenoxy) is 1. The van der Waals surface area contributed by atoms with Gasteiger partial charge in [0.25, 0.3) is 5.56 Å². The molecule has 0 aliphatic carbocycles. The van der Waals surface area contributed by atoms with Crippen LogP contribution in [0.2, 0.25) is 0 Å². The molecule has 0 bridgehead atoms. The Kier molecular flexibility index (Phi) is 4.57. The number of nitriles is 1. The highest BCUT2D eigenvalue weighted by molar-refractivity contribution is 5.83. The lowest BCUT2D eigenvalue weighted by Gasteiger charge is -2.19. The minimum absolute atomic E-state index is 0.0997. The summed E-state index contributed by atoms with van der Waals surface area (Å²) in [7, 11) is 1.39. The topological polar surface area (TPSA) is 79.9 Å². The van der Waals surface area contributed by atoms with E-state index in [2.05, 4.69) is 11.4 Å². The molecule has 1 fully saturated rings. The number of rotatable bonds is 3. The van der Waals surface area contributed by atoms with Gasteiger partial charge in [0.05, 0.1) is 41.4 Å². The van der Waals surface area contributed by atoms with Crippen molar-refractivity contribution in [2.45, 2.75) is 25.8 Å². The first-order valence-corrected chi connectivity index (χ1v) is 9.08. The Bertz CT molecular complexity index is 1170. The quantitative estimate of drug-likeness (QED) is 0.757. The fraction of sp³-hybridized carbons (Fsp3) is 0.286. The molecule has 1 aromatic heterocycles. The van der Waals surface area contributed by atoms with Crippen LogP contribution >= 0.6 is 0 Å². The van der Waals surface area contributed by atoms with E-state index in [-0.39, 0.29) is 17.4 Å². The Morgan fingerprint density at radius 2 is 2.18 bits per heavy atom. The summed E-state index contributed by atoms with van der Waals surface area (Å²) in [5.41, 5.74) is 1.78. The molecule has 1 unspecified atom stereocenters. The summed E-state index contributed by atoms with van der Waals surface area (Å²) in [6.45, 7) is 2.67. The summed E-state index contributed by atoms with van der Waals surface area (Å²) in [5, 5.41) is 13.0. The van der Waals surface area contributed by atoms with Crippen molar-refractivity contribution in [2.75, 3.05) is 13.7 Å². The molecule has 0 radical (unpaired) electrons. The molecule has 1 aliphatic rings. The lowest BCUT2D eigenvalue weighted by molar-refractivity contribution is 0.386. The van der Waals surface area contributed by atoms with Gasteiger partial charge in [0.15, 0.2) is 11.6 Å². The lowest BCUT2D eigenvalue weighted by atomic mass is 10.1. The Labute approximate surface area is 161 Å². The summed E-state index contributed by atoms with van der Waals surface area (Å²) in [5.74, 6) is 0.0976. The smallest absolute Gasteiger partial charge is 0.266 e. The van der Waals surface area contributed by atoms with Crippen molar-refractivity contribution in [3.63, 3.8) is 0 Å². The lowest BCUT2D eigenvalue weighted by Crippen LogP contribution is -2.29. The van der Waals surface area contributed by atoms with Gasteiger partial charge in [0.2, 0.25) is 0 Å². The third-order valence-electron chi connectivity index (χ3n) is 5.08. The zero-order valence-corrected chi connectivity index (χ0v) is 15.6. The average molecular weight is 378 g/mol. The minimum atomic E-state index is -0.556. The Morgan fingerprint density at radius 1 is 1.36 bits per heavy atom. The maximum absolute atomic E-state index is 14.4. The van der Waals surface area contributed by atoms with Gasteiger partial charge < -0.3 is 10.1 Å². The SMILES string of the molecule is COc1ccc(-n2c(C3CCCN3)nc3c(C)cc(C#N)cc3c2=O)cc1F. The van der Waals surface area contributed by atoms with Crippen LogP contribution in [0.25, 0.3) is 16.6 Å². The van der Waals surface area contributed by atoms with Crippen molar-refractivity contribution >= 4 is 10.9 Å². The maximum Gasteiger partial charge on any atom is 0.266 e. The fourth-order valence-electron chi connectivity index (χ4n) is 3.73. The van der Waals surface area contributed by atoms with Crippen molar-refractivity contribution in [2.24, 2.45) is 0 Å². The highest BCUT2D eigenvalue weighted by atomic mass is 19.1. The molecule has 1 atom stereocenters. The number of hydrogen-bond donors (Lipinski definition) is 1. The minimum Gasteiger partial charge on any atom is -0.494 e. The largest absolute Gasteiger partial charge is 0.494 e. The third-order valence-corrected chi connectivity index (χ3v) is 5.08. The zero-order valence-electron chi connectivity index (χ0n) is 15.6. The van der Waals surface area contributed by atoms with Gasteiger partial charge in [-0.2, -0.15) is 5.26 Å². The van der Waals surface area contributed by atoms with Crippen LogP contribution in [0, 0.1) is 24.1 Å². The summed E-state index contributed by atoms with van der Waals surface area (Å²) >= 11 is 0. The number of nitrogens with zero attached hydrogens (tertiary/aromatic N) is 3. The molecule has 142 valence electrons. The molecule has 2 heterocycles. The van der Waals surface area contributed by atoms with Crippen molar-refractivity contribution < 1.29 is 9.13 Å². The Morgan fingerprint density at radius 3 is 2.82 bits per heavy atom. The molecular weight excluding hydrogens is 359 g/mol. The van der Waals surface area contributed by atoms with Gasteiger partial charge in [-0.15, -0.1) is 0 Å². The molecule has 0 amide bonds. The number of halogens is 1. The third kappa shape index (κ3) is 2.92. The van der Waals surface area contributed by atoms with E-state index in [1.54, 1.807) is 18.2 Å². The molecular formula is C21H19FN4O2. The van der Waals surface area contributed by atoms with Crippen molar-refractivity contribution in [3.8, 4) is 17.5 Å². The molecule has 1 N–H and O–H groups in total. The molecule has 2 aromatic carbocycles. The second-order valence-electron chi connectivity index (χ2n) is 6.88. The second kappa shape index (κ2) is 7.06. The van der Waals surface area contributed by atoms with Gasteiger partial charge in [-0.05, 0) is 56.1 Å². The first kappa shape index (κ1) is 18.1. The number of hydrogen-bond acceptors (Lipinski definition) is 5. The number of methoxy groups -OCH3 is 1. The molecule has 1 aliphatic heterocycles. The summed E-state index contributed by atoms with van der Waals surface area (Å²) in [4.78, 5) is 18.2. The predicted molar refractivity (Wildman–Crippen MR) is 103 cm³/mol. The van der Waals surface area contributed by atoms with E-state index >= 15 is 0 Å². The first-order valence-electron chi connectivity index (χ1n) is 9.08. The highest BCUT2D eigenvalue weighted by Crippen LogP contribution is 2.27. The molecule has 28 heavy (non-hydrogen) atoms. The van der Waals surface area contributed by atoms with Crippen LogP contribution in [0.1, 0.15) is 35.8 Å². The Balaban J connectivity index is 2.06. The monoisotopic (exact) mass is 378 g/mol. The van der Waals surface area contributed by atoms with Gasteiger partial charge in [-0.3, -0.25) is 9.36 Å². The number of fused-ring (bicyclic) bond motifs is 1. The normalized spacial score (nSPS) is 16.3. The fourth-order valence-corrected chi connectivity index (χ4v) is 3.73. The predicted octanol–water partition coefficient (Wildman–Crippen LogP) is 3.14. The average Bonchev–Trinajstić information content (AvgIpc) is 3.22.